The van der Waals surface area contributed by atoms with Gasteiger partial charge in [0.05, 0.1) is 6.04 Å². The number of carbonyl (C=O) groups excluding carboxylic acids is 16. The van der Waals surface area contributed by atoms with E-state index in [1.165, 1.54) is 53.4 Å². The number of fused-ring (bicyclic) bond motifs is 2. The fourth-order valence-electron chi connectivity index (χ4n) is 15.5. The predicted octanol–water partition coefficient (Wildman–Crippen LogP) is -6.50. The first-order valence-electron chi connectivity index (χ1n) is 47.3. The molecule has 0 radical (unpaired) electrons. The summed E-state index contributed by atoms with van der Waals surface area (Å²) in [5, 5.41) is 101. The Morgan fingerprint density at radius 3 is 1.28 bits per heavy atom. The first kappa shape index (κ1) is 117. The highest BCUT2D eigenvalue weighted by molar-refractivity contribution is 8.76. The summed E-state index contributed by atoms with van der Waals surface area (Å²) in [5.41, 5.74) is 58.5. The second kappa shape index (κ2) is 62.6. The molecule has 1 unspecified atom stereocenters. The van der Waals surface area contributed by atoms with E-state index in [4.69, 9.17) is 79.0 Å². The average molecular weight is 2040 g/mol. The molecular formula is C90H141N33O18S2. The molecule has 0 saturated carbocycles. The van der Waals surface area contributed by atoms with Gasteiger partial charge in [-0.05, 0) is 193 Å². The molecule has 2 aliphatic heterocycles. The van der Waals surface area contributed by atoms with Crippen molar-refractivity contribution < 1.29 is 86.9 Å². The molecule has 0 bridgehead atoms. The predicted molar refractivity (Wildman–Crippen MR) is 537 cm³/mol. The number of amides is 18. The highest BCUT2D eigenvalue weighted by atomic mass is 33.1. The van der Waals surface area contributed by atoms with Crippen LogP contribution < -0.4 is 153 Å². The Morgan fingerprint density at radius 2 is 0.804 bits per heavy atom. The summed E-state index contributed by atoms with van der Waals surface area (Å²) in [6, 6.07) is -1.20. The zero-order valence-electron chi connectivity index (χ0n) is 79.7. The molecule has 0 spiro atoms. The van der Waals surface area contributed by atoms with Crippen molar-refractivity contribution in [3.63, 3.8) is 0 Å². The number of phenols is 2. The van der Waals surface area contributed by atoms with Crippen molar-refractivity contribution in [1.82, 2.24) is 101 Å². The molecule has 2 fully saturated rings. The Labute approximate surface area is 835 Å². The molecule has 4 aromatic rings. The number of unbranched alkanes of at least 4 members (excludes halogenated alkanes) is 2. The van der Waals surface area contributed by atoms with Crippen molar-refractivity contribution in [3.8, 4) is 11.5 Å². The molecule has 53 heteroatoms. The monoisotopic (exact) mass is 2040 g/mol. The Hall–Kier alpha value is -14.5. The minimum atomic E-state index is -1.90. The van der Waals surface area contributed by atoms with Crippen LogP contribution in [0.25, 0.3) is 10.8 Å². The van der Waals surface area contributed by atoms with Crippen molar-refractivity contribution in [1.29, 1.82) is 21.6 Å². The molecule has 4 aromatic carbocycles. The van der Waals surface area contributed by atoms with E-state index in [0.29, 0.717) is 29.4 Å². The van der Waals surface area contributed by atoms with Crippen LogP contribution in [0, 0.1) is 21.6 Å². The number of nitrogens with two attached hydrogens (primary N) is 10. The summed E-state index contributed by atoms with van der Waals surface area (Å²) < 4.78 is 0. The van der Waals surface area contributed by atoms with Crippen LogP contribution >= 0.6 is 21.6 Å². The summed E-state index contributed by atoms with van der Waals surface area (Å²) in [4.78, 5) is 238. The number of aromatic hydroxyl groups is 2. The number of nitrogens with one attached hydrogen (secondary N) is 22. The number of urea groups is 2. The van der Waals surface area contributed by atoms with Gasteiger partial charge in [0.25, 0.3) is 0 Å². The normalized spacial score (nSPS) is 20.2. The van der Waals surface area contributed by atoms with Crippen molar-refractivity contribution in [2.45, 2.75) is 232 Å². The van der Waals surface area contributed by atoms with Crippen LogP contribution in [0.3, 0.4) is 0 Å². The number of hydrogen-bond acceptors (Lipinski definition) is 27. The smallest absolute Gasteiger partial charge is 0.312 e. The van der Waals surface area contributed by atoms with Crippen LogP contribution in [0.15, 0.2) is 91.0 Å². The maximum atomic E-state index is 16.0. The van der Waals surface area contributed by atoms with E-state index in [0.717, 1.165) is 27.0 Å². The van der Waals surface area contributed by atoms with Crippen molar-refractivity contribution in [2.75, 3.05) is 70.4 Å². The van der Waals surface area contributed by atoms with Gasteiger partial charge in [-0.15, -0.1) is 0 Å². The number of carbonyl (C=O) groups is 16. The SMILES string of the molecule is N=C(N)NCCC[C@H](NC(=O)[C@@H]1CSSC[C@H](NC(=O)[C@H](Cc2ccc3ccccc3c2)NC(=O)[C@H](CCCNC(=N)N)NC(=O)[C@@H](N)CCCNC(=N)N)C(=O)N[C@@H](Cc2ccc(O)cc2)C(=O)N[C@@H](CCCNC(N)=O)C(=O)N[C@@H](CCCCN)C(=O)N[C@H](CCCCN)C(=O)N2CCCC2C(=O)N[C@@H](Cc2ccc(O)cc2)C(=O)N[C@@H](CCCNC(=N)N)C(=O)N[C@@H](CCCNC(N)=O)C(=O)N1)C(N)=O. The van der Waals surface area contributed by atoms with Gasteiger partial charge in [-0.25, -0.2) is 9.59 Å². The highest BCUT2D eigenvalue weighted by Crippen LogP contribution is 2.27. The number of hydrogen-bond donors (Lipinski definition) is 34. The quantitative estimate of drug-likeness (QED) is 0.00846. The van der Waals surface area contributed by atoms with Crippen LogP contribution in [0.5, 0.6) is 11.5 Å². The van der Waals surface area contributed by atoms with Gasteiger partial charge >= 0.3 is 12.1 Å². The Bertz CT molecular complexity index is 4980. The van der Waals surface area contributed by atoms with Gasteiger partial charge in [0.1, 0.15) is 90.0 Å². The minimum Gasteiger partial charge on any atom is -0.508 e. The van der Waals surface area contributed by atoms with Crippen molar-refractivity contribution >= 4 is 151 Å². The number of primary amides is 3. The molecule has 0 aromatic heterocycles. The number of phenolic OH excluding ortho intramolecular Hbond substituents is 2. The molecule has 44 N–H and O–H groups in total. The minimum absolute atomic E-state index is 0.00436. The molecule has 2 heterocycles. The van der Waals surface area contributed by atoms with E-state index in [1.807, 2.05) is 6.07 Å². The summed E-state index contributed by atoms with van der Waals surface area (Å²) in [6.07, 6.45) is -1.32. The average Bonchev–Trinajstić information content (AvgIpc) is 1.48. The second-order valence-electron chi connectivity index (χ2n) is 34.5. The lowest BCUT2D eigenvalue weighted by Gasteiger charge is -2.31. The lowest BCUT2D eigenvalue weighted by molar-refractivity contribution is -0.142. The maximum Gasteiger partial charge on any atom is 0.312 e. The molecule has 2 aliphatic rings. The van der Waals surface area contributed by atoms with E-state index in [9.17, 15) is 29.4 Å². The Morgan fingerprint density at radius 1 is 0.406 bits per heavy atom. The molecular weight excluding hydrogens is 1900 g/mol. The highest BCUT2D eigenvalue weighted by Gasteiger charge is 2.43. The fourth-order valence-corrected chi connectivity index (χ4v) is 17.8. The third-order valence-electron chi connectivity index (χ3n) is 23.1. The molecule has 51 nitrogen and oxygen atoms in total. The van der Waals surface area contributed by atoms with Crippen LogP contribution in [-0.2, 0) is 86.4 Å². The summed E-state index contributed by atoms with van der Waals surface area (Å²) >= 11 is 0. The van der Waals surface area contributed by atoms with E-state index in [1.54, 1.807) is 36.4 Å². The maximum absolute atomic E-state index is 16.0. The first-order valence-corrected chi connectivity index (χ1v) is 49.8. The van der Waals surface area contributed by atoms with Gasteiger partial charge in [-0.3, -0.25) is 88.8 Å². The molecule has 2 saturated heterocycles. The number of guanidine groups is 4. The third-order valence-corrected chi connectivity index (χ3v) is 25.6. The third kappa shape index (κ3) is 43.7. The molecule has 6 rings (SSSR count). The standard InChI is InChI=1S/C90H141N33O18S2/c91-35-5-3-17-59-75(130)117-64(18-4-6-36-92)84(139)123-43-13-24-70(123)83(138)120-66(46-51-28-33-56(125)34-29-51)79(134)116-61(21-10-40-108-88(101)102)74(129)114-63(23-12-42-110-90(104)141)77(132)121-68(81(136)111-58(71(94)126)19-8-38-106-86(97)98)48-142-143-49-69(82(137)119-65(45-50-26-31-55(124)32-27-50)78(133)115-62(73(128)113-59)22-11-41-109-89(103)140)122-80(135)67(47-52-25-30-53-14-1-2-15-54(53)44-52)118-76(131)60(20-9-39-107-87(99)100)112-72(127)57(93)16-7-37-105-85(95)96/h1-2,14-15,25-34,44,57-70,124-125H,3-13,16-24,35-43,45-49,91-93H2,(H2,94,126)(H,111,136)(H,112,127)(H,113,128)(H,114,129)(H,115,133)(H,116,134)(H,117,130)(H,118,131)(H,119,137)(H,120,138)(H,121,132)(H,122,135)(H4,95,96,105)(H4,97,98,106)(H4,99,100,107)(H4,101,102,108)(H3,103,109,140)(H3,104,110,141)/t57-,58-,59-,60-,61-,62-,63-,64+,65-,66-,67-,68-,69-,70?/m0/s1. The van der Waals surface area contributed by atoms with Crippen molar-refractivity contribution in [2.24, 2.45) is 57.3 Å². The van der Waals surface area contributed by atoms with Gasteiger partial charge in [0.2, 0.25) is 82.7 Å². The van der Waals surface area contributed by atoms with Crippen LogP contribution in [0.2, 0.25) is 0 Å². The first-order chi connectivity index (χ1) is 68.2. The fraction of sp³-hybridized carbons (Fsp3) is 0.533. The zero-order valence-corrected chi connectivity index (χ0v) is 81.4. The Kier molecular flexibility index (Phi) is 51.4. The van der Waals surface area contributed by atoms with E-state index in [2.05, 4.69) is 95.7 Å². The zero-order chi connectivity index (χ0) is 105. The summed E-state index contributed by atoms with van der Waals surface area (Å²) in [7, 11) is 1.51. The van der Waals surface area contributed by atoms with Gasteiger partial charge in [-0.1, -0.05) is 88.3 Å². The molecule has 18 amide bonds. The van der Waals surface area contributed by atoms with E-state index in [-0.39, 0.29) is 210 Å². The van der Waals surface area contributed by atoms with Gasteiger partial charge < -0.3 is 168 Å². The molecule has 0 aliphatic carbocycles. The van der Waals surface area contributed by atoms with E-state index < -0.39 is 215 Å². The summed E-state index contributed by atoms with van der Waals surface area (Å²) in [6.45, 7) is -0.106. The van der Waals surface area contributed by atoms with E-state index >= 15 is 57.5 Å². The molecule has 786 valence electrons. The Balaban J connectivity index is 1.61. The lowest BCUT2D eigenvalue weighted by atomic mass is 10.00. The number of rotatable bonds is 47. The molecule has 143 heavy (non-hydrogen) atoms. The van der Waals surface area contributed by atoms with Crippen molar-refractivity contribution in [3.05, 3.63) is 108 Å². The van der Waals surface area contributed by atoms with Crippen LogP contribution in [0.1, 0.15) is 145 Å². The summed E-state index contributed by atoms with van der Waals surface area (Å²) in [5.74, 6) is -17.3. The van der Waals surface area contributed by atoms with Crippen LogP contribution in [-0.4, -0.2) is 289 Å². The van der Waals surface area contributed by atoms with Gasteiger partial charge in [-0.2, -0.15) is 0 Å². The second-order valence-corrected chi connectivity index (χ2v) is 37.0. The number of nitrogens with zero attached hydrogens (tertiary/aromatic N) is 1. The molecule has 14 atom stereocenters. The largest absolute Gasteiger partial charge is 0.508 e. The van der Waals surface area contributed by atoms with Gasteiger partial charge in [0.15, 0.2) is 23.8 Å². The van der Waals surface area contributed by atoms with Crippen LogP contribution in [0.4, 0.5) is 9.59 Å². The topological polar surface area (TPSA) is 889 Å². The number of benzene rings is 4. The lowest BCUT2D eigenvalue weighted by Crippen LogP contribution is -2.61. The van der Waals surface area contributed by atoms with Gasteiger partial charge in [0, 0.05) is 76.6 Å².